The number of carbonyl (C=O) groups excluding carboxylic acids is 2. The van der Waals surface area contributed by atoms with Gasteiger partial charge in [-0.05, 0) is 17.7 Å². The van der Waals surface area contributed by atoms with Crippen LogP contribution in [0.15, 0.2) is 18.2 Å². The molecule has 1 aromatic rings. The quantitative estimate of drug-likeness (QED) is 0.575. The van der Waals surface area contributed by atoms with Gasteiger partial charge in [0, 0.05) is 12.2 Å². The van der Waals surface area contributed by atoms with Gasteiger partial charge in [0.15, 0.2) is 0 Å². The number of nitrogens with zero attached hydrogens (tertiary/aromatic N) is 1. The van der Waals surface area contributed by atoms with Crippen molar-refractivity contribution in [1.29, 1.82) is 0 Å². The second-order valence-electron chi connectivity index (χ2n) is 3.92. The minimum atomic E-state index is -0.586. The van der Waals surface area contributed by atoms with Gasteiger partial charge in [0.2, 0.25) is 11.8 Å². The third-order valence-corrected chi connectivity index (χ3v) is 2.26. The normalized spacial score (nSPS) is 10.6. The molecule has 0 radical (unpaired) electrons. The number of anilines is 1. The lowest BCUT2D eigenvalue weighted by atomic mass is 10.1. The predicted octanol–water partition coefficient (Wildman–Crippen LogP) is -0.819. The van der Waals surface area contributed by atoms with Gasteiger partial charge in [0.25, 0.3) is 0 Å². The zero-order valence-electron chi connectivity index (χ0n) is 9.73. The van der Waals surface area contributed by atoms with Gasteiger partial charge in [0.05, 0.1) is 13.1 Å². The Labute approximate surface area is 104 Å². The van der Waals surface area contributed by atoms with E-state index in [0.29, 0.717) is 5.56 Å². The van der Waals surface area contributed by atoms with Gasteiger partial charge in [-0.1, -0.05) is 6.07 Å². The van der Waals surface area contributed by atoms with Gasteiger partial charge < -0.3 is 17.2 Å². The number of hydrogen-bond acceptors (Lipinski definition) is 4. The van der Waals surface area contributed by atoms with Crippen molar-refractivity contribution in [2.45, 2.75) is 6.54 Å². The monoisotopic (exact) mass is 254 g/mol. The summed E-state index contributed by atoms with van der Waals surface area (Å²) in [5.41, 5.74) is 16.6. The first-order valence-corrected chi connectivity index (χ1v) is 5.21. The summed E-state index contributed by atoms with van der Waals surface area (Å²) < 4.78 is 12.9. The van der Waals surface area contributed by atoms with Crippen molar-refractivity contribution in [3.05, 3.63) is 29.6 Å². The summed E-state index contributed by atoms with van der Waals surface area (Å²) in [7, 11) is 0. The smallest absolute Gasteiger partial charge is 0.231 e. The summed E-state index contributed by atoms with van der Waals surface area (Å²) in [6, 6.07) is 3.90. The number of nitrogen functional groups attached to an aromatic ring is 1. The summed E-state index contributed by atoms with van der Waals surface area (Å²) >= 11 is 0. The maximum Gasteiger partial charge on any atom is 0.231 e. The Morgan fingerprint density at radius 1 is 1.17 bits per heavy atom. The molecule has 98 valence electrons. The lowest BCUT2D eigenvalue weighted by molar-refractivity contribution is -0.122. The highest BCUT2D eigenvalue weighted by Gasteiger charge is 2.13. The van der Waals surface area contributed by atoms with E-state index >= 15 is 0 Å². The van der Waals surface area contributed by atoms with Crippen LogP contribution in [0.3, 0.4) is 0 Å². The molecule has 0 aliphatic carbocycles. The second-order valence-corrected chi connectivity index (χ2v) is 3.92. The molecule has 0 saturated heterocycles. The van der Waals surface area contributed by atoms with Crippen LogP contribution in [0.1, 0.15) is 5.56 Å². The van der Waals surface area contributed by atoms with Crippen LogP contribution in [0, 0.1) is 5.82 Å². The van der Waals surface area contributed by atoms with Crippen molar-refractivity contribution >= 4 is 17.5 Å². The molecule has 0 aromatic heterocycles. The van der Waals surface area contributed by atoms with Crippen LogP contribution in [0.25, 0.3) is 0 Å². The summed E-state index contributed by atoms with van der Waals surface area (Å²) in [6.45, 7) is -0.0580. The number of primary amides is 2. The van der Waals surface area contributed by atoms with Crippen LogP contribution >= 0.6 is 0 Å². The molecule has 7 heteroatoms. The Bertz CT molecular complexity index is 448. The number of nitrogens with two attached hydrogens (primary N) is 3. The van der Waals surface area contributed by atoms with Crippen LogP contribution in [0.2, 0.25) is 0 Å². The van der Waals surface area contributed by atoms with E-state index in [4.69, 9.17) is 17.2 Å². The van der Waals surface area contributed by atoms with Gasteiger partial charge >= 0.3 is 0 Å². The van der Waals surface area contributed by atoms with E-state index in [1.165, 1.54) is 23.1 Å². The third kappa shape index (κ3) is 4.38. The molecule has 0 aliphatic heterocycles. The molecule has 0 saturated carbocycles. The highest BCUT2D eigenvalue weighted by molar-refractivity contribution is 5.79. The number of carbonyl (C=O) groups is 2. The molecule has 1 rings (SSSR count). The first-order valence-electron chi connectivity index (χ1n) is 5.21. The maximum absolute atomic E-state index is 12.9. The molecule has 6 N–H and O–H groups in total. The molecule has 0 atom stereocenters. The molecule has 0 bridgehead atoms. The standard InChI is InChI=1S/C11H15FN4O2/c12-8-2-1-7(9(13)3-8)4-16(5-10(14)17)6-11(15)18/h1-3H,4-6,13H2,(H2,14,17)(H2,15,18). The number of rotatable bonds is 6. The van der Waals surface area contributed by atoms with E-state index < -0.39 is 17.6 Å². The van der Waals surface area contributed by atoms with Crippen molar-refractivity contribution < 1.29 is 14.0 Å². The van der Waals surface area contributed by atoms with E-state index in [2.05, 4.69) is 0 Å². The Morgan fingerprint density at radius 2 is 1.72 bits per heavy atom. The molecule has 0 unspecified atom stereocenters. The van der Waals surface area contributed by atoms with Crippen molar-refractivity contribution in [2.24, 2.45) is 11.5 Å². The molecule has 1 aromatic carbocycles. The van der Waals surface area contributed by atoms with Crippen molar-refractivity contribution in [2.75, 3.05) is 18.8 Å². The van der Waals surface area contributed by atoms with Gasteiger partial charge in [-0.15, -0.1) is 0 Å². The molecule has 0 spiro atoms. The third-order valence-electron chi connectivity index (χ3n) is 2.26. The summed E-state index contributed by atoms with van der Waals surface area (Å²) in [4.78, 5) is 23.2. The van der Waals surface area contributed by atoms with Crippen LogP contribution in [-0.4, -0.2) is 29.8 Å². The lowest BCUT2D eigenvalue weighted by Gasteiger charge is -2.19. The zero-order valence-corrected chi connectivity index (χ0v) is 9.73. The predicted molar refractivity (Wildman–Crippen MR) is 64.5 cm³/mol. The highest BCUT2D eigenvalue weighted by Crippen LogP contribution is 2.15. The van der Waals surface area contributed by atoms with Gasteiger partial charge in [0.1, 0.15) is 5.82 Å². The van der Waals surface area contributed by atoms with Crippen molar-refractivity contribution in [1.82, 2.24) is 4.90 Å². The molecule has 0 heterocycles. The largest absolute Gasteiger partial charge is 0.398 e. The average Bonchev–Trinajstić information content (AvgIpc) is 2.20. The Balaban J connectivity index is 2.81. The molecule has 6 nitrogen and oxygen atoms in total. The summed E-state index contributed by atoms with van der Waals surface area (Å²) in [5, 5.41) is 0. The number of hydrogen-bond donors (Lipinski definition) is 3. The molecular weight excluding hydrogens is 239 g/mol. The Kier molecular flexibility index (Phi) is 4.61. The molecule has 0 aliphatic rings. The van der Waals surface area contributed by atoms with Gasteiger partial charge in [-0.2, -0.15) is 0 Å². The Hall–Kier alpha value is -2.15. The molecule has 18 heavy (non-hydrogen) atoms. The van der Waals surface area contributed by atoms with Gasteiger partial charge in [-0.3, -0.25) is 14.5 Å². The van der Waals surface area contributed by atoms with Crippen LogP contribution in [-0.2, 0) is 16.1 Å². The van der Waals surface area contributed by atoms with Crippen molar-refractivity contribution in [3.8, 4) is 0 Å². The number of benzene rings is 1. The van der Waals surface area contributed by atoms with Crippen molar-refractivity contribution in [3.63, 3.8) is 0 Å². The highest BCUT2D eigenvalue weighted by atomic mass is 19.1. The van der Waals surface area contributed by atoms with Crippen LogP contribution < -0.4 is 17.2 Å². The fourth-order valence-corrected chi connectivity index (χ4v) is 1.56. The van der Waals surface area contributed by atoms with E-state index in [-0.39, 0.29) is 25.3 Å². The first kappa shape index (κ1) is 13.9. The minimum Gasteiger partial charge on any atom is -0.398 e. The number of amides is 2. The Morgan fingerprint density at radius 3 is 2.17 bits per heavy atom. The van der Waals surface area contributed by atoms with Crippen LogP contribution in [0.5, 0.6) is 0 Å². The zero-order chi connectivity index (χ0) is 13.7. The average molecular weight is 254 g/mol. The lowest BCUT2D eigenvalue weighted by Crippen LogP contribution is -2.39. The van der Waals surface area contributed by atoms with E-state index in [0.717, 1.165) is 0 Å². The number of halogens is 1. The fourth-order valence-electron chi connectivity index (χ4n) is 1.56. The van der Waals surface area contributed by atoms with E-state index in [1.807, 2.05) is 0 Å². The topological polar surface area (TPSA) is 115 Å². The first-order chi connectivity index (χ1) is 8.38. The van der Waals surface area contributed by atoms with Gasteiger partial charge in [-0.25, -0.2) is 4.39 Å². The van der Waals surface area contributed by atoms with Crippen LogP contribution in [0.4, 0.5) is 10.1 Å². The molecule has 0 fully saturated rings. The maximum atomic E-state index is 12.9. The van der Waals surface area contributed by atoms with E-state index in [1.54, 1.807) is 0 Å². The molecular formula is C11H15FN4O2. The fraction of sp³-hybridized carbons (Fsp3) is 0.273. The van der Waals surface area contributed by atoms with E-state index in [9.17, 15) is 14.0 Å². The minimum absolute atomic E-state index is 0.125. The second kappa shape index (κ2) is 5.97. The molecule has 2 amide bonds. The SMILES string of the molecule is NC(=O)CN(CC(N)=O)Cc1ccc(F)cc1N. The summed E-state index contributed by atoms with van der Waals surface area (Å²) in [6.07, 6.45) is 0. The summed E-state index contributed by atoms with van der Waals surface area (Å²) in [5.74, 6) is -1.62.